The molecule has 0 amide bonds. The second-order valence-electron chi connectivity index (χ2n) is 5.87. The van der Waals surface area contributed by atoms with Crippen LogP contribution >= 0.6 is 0 Å². The normalized spacial score (nSPS) is 38.2. The molecule has 0 spiro atoms. The predicted molar refractivity (Wildman–Crippen MR) is 67.7 cm³/mol. The van der Waals surface area contributed by atoms with Crippen molar-refractivity contribution in [2.75, 3.05) is 13.6 Å². The molecule has 1 heteroatoms. The highest BCUT2D eigenvalue weighted by Gasteiger charge is 2.46. The van der Waals surface area contributed by atoms with Gasteiger partial charge < -0.3 is 4.90 Å². The minimum absolute atomic E-state index is 0.409. The van der Waals surface area contributed by atoms with Crippen LogP contribution in [0.15, 0.2) is 24.3 Å². The molecule has 3 atom stereocenters. The number of rotatable bonds is 0. The average molecular weight is 215 g/mol. The van der Waals surface area contributed by atoms with Crippen molar-refractivity contribution in [3.63, 3.8) is 0 Å². The van der Waals surface area contributed by atoms with Crippen LogP contribution in [0.25, 0.3) is 0 Å². The molecule has 1 saturated heterocycles. The maximum absolute atomic E-state index is 2.56. The van der Waals surface area contributed by atoms with E-state index in [-0.39, 0.29) is 0 Å². The molecule has 1 aromatic rings. The van der Waals surface area contributed by atoms with Crippen molar-refractivity contribution in [2.45, 2.75) is 38.1 Å². The molecule has 1 heterocycles. The number of hydrogen-bond acceptors (Lipinski definition) is 1. The molecule has 86 valence electrons. The Bertz CT molecular complexity index is 412. The highest BCUT2D eigenvalue weighted by molar-refractivity contribution is 5.39. The van der Waals surface area contributed by atoms with Crippen molar-refractivity contribution >= 4 is 0 Å². The van der Waals surface area contributed by atoms with Gasteiger partial charge in [-0.1, -0.05) is 38.1 Å². The summed E-state index contributed by atoms with van der Waals surface area (Å²) in [5.41, 5.74) is 3.61. The van der Waals surface area contributed by atoms with E-state index in [1.54, 1.807) is 11.1 Å². The first-order valence-corrected chi connectivity index (χ1v) is 6.41. The predicted octanol–water partition coefficient (Wildman–Crippen LogP) is 2.84. The summed E-state index contributed by atoms with van der Waals surface area (Å²) in [6, 6.07) is 9.82. The highest BCUT2D eigenvalue weighted by atomic mass is 15.1. The number of hydrogen-bond donors (Lipinski definition) is 0. The van der Waals surface area contributed by atoms with Gasteiger partial charge in [-0.25, -0.2) is 0 Å². The van der Waals surface area contributed by atoms with E-state index < -0.39 is 0 Å². The fourth-order valence-electron chi connectivity index (χ4n) is 3.80. The van der Waals surface area contributed by atoms with E-state index >= 15 is 0 Å². The molecule has 0 N–H and O–H groups in total. The standard InChI is InChI=1S/C15H21N/c1-11-14-10-12-6-4-5-7-13(12)15(11,2)8-9-16(14)3/h4-7,11,14H,8-10H2,1-3H3/t11-,14?,15+/m1/s1. The van der Waals surface area contributed by atoms with Gasteiger partial charge in [0.2, 0.25) is 0 Å². The van der Waals surface area contributed by atoms with Crippen molar-refractivity contribution in [1.82, 2.24) is 4.90 Å². The van der Waals surface area contributed by atoms with Gasteiger partial charge in [-0.3, -0.25) is 0 Å². The van der Waals surface area contributed by atoms with Gasteiger partial charge in [-0.05, 0) is 48.9 Å². The SMILES string of the molecule is C[C@@H]1C2Cc3ccccc3[C@@]1(C)CCN2C. The fraction of sp³-hybridized carbons (Fsp3) is 0.600. The molecule has 1 nitrogen and oxygen atoms in total. The van der Waals surface area contributed by atoms with Gasteiger partial charge in [0.1, 0.15) is 0 Å². The first-order chi connectivity index (χ1) is 7.63. The number of nitrogens with zero attached hydrogens (tertiary/aromatic N) is 1. The van der Waals surface area contributed by atoms with E-state index in [9.17, 15) is 0 Å². The van der Waals surface area contributed by atoms with Gasteiger partial charge >= 0.3 is 0 Å². The van der Waals surface area contributed by atoms with Crippen molar-refractivity contribution in [1.29, 1.82) is 0 Å². The summed E-state index contributed by atoms with van der Waals surface area (Å²) in [5.74, 6) is 0.779. The Kier molecular flexibility index (Phi) is 2.16. The maximum atomic E-state index is 2.56. The van der Waals surface area contributed by atoms with Crippen LogP contribution in [0.3, 0.4) is 0 Å². The lowest BCUT2D eigenvalue weighted by Gasteiger charge is -2.53. The minimum Gasteiger partial charge on any atom is -0.303 e. The lowest BCUT2D eigenvalue weighted by atomic mass is 9.59. The Morgan fingerprint density at radius 3 is 2.88 bits per heavy atom. The second-order valence-corrected chi connectivity index (χ2v) is 5.87. The number of likely N-dealkylation sites (tertiary alicyclic amines) is 1. The maximum Gasteiger partial charge on any atom is 0.0167 e. The third-order valence-electron chi connectivity index (χ3n) is 5.19. The first-order valence-electron chi connectivity index (χ1n) is 6.41. The smallest absolute Gasteiger partial charge is 0.0167 e. The van der Waals surface area contributed by atoms with Crippen molar-refractivity contribution < 1.29 is 0 Å². The van der Waals surface area contributed by atoms with Crippen LogP contribution in [0, 0.1) is 5.92 Å². The zero-order valence-corrected chi connectivity index (χ0v) is 10.5. The monoisotopic (exact) mass is 215 g/mol. The topological polar surface area (TPSA) is 3.24 Å². The van der Waals surface area contributed by atoms with Gasteiger partial charge in [0.15, 0.2) is 0 Å². The Morgan fingerprint density at radius 2 is 2.06 bits per heavy atom. The zero-order chi connectivity index (χ0) is 11.3. The zero-order valence-electron chi connectivity index (χ0n) is 10.5. The molecule has 16 heavy (non-hydrogen) atoms. The molecule has 0 radical (unpaired) electrons. The largest absolute Gasteiger partial charge is 0.303 e. The molecule has 2 aliphatic rings. The summed E-state index contributed by atoms with van der Waals surface area (Å²) in [5, 5.41) is 0. The summed E-state index contributed by atoms with van der Waals surface area (Å²) in [6.45, 7) is 6.16. The summed E-state index contributed by atoms with van der Waals surface area (Å²) < 4.78 is 0. The Morgan fingerprint density at radius 1 is 1.31 bits per heavy atom. The van der Waals surface area contributed by atoms with Gasteiger partial charge in [0, 0.05) is 6.04 Å². The second kappa shape index (κ2) is 3.33. The fourth-order valence-corrected chi connectivity index (χ4v) is 3.80. The molecule has 1 aliphatic carbocycles. The molecule has 1 unspecified atom stereocenters. The van der Waals surface area contributed by atoms with Crippen LogP contribution in [0.4, 0.5) is 0 Å². The van der Waals surface area contributed by atoms with E-state index in [0.29, 0.717) is 5.41 Å². The molecule has 0 saturated carbocycles. The highest BCUT2D eigenvalue weighted by Crippen LogP contribution is 2.47. The van der Waals surface area contributed by atoms with Gasteiger partial charge in [-0.15, -0.1) is 0 Å². The lowest BCUT2D eigenvalue weighted by molar-refractivity contribution is 0.0508. The summed E-state index contributed by atoms with van der Waals surface area (Å²) >= 11 is 0. The number of fused-ring (bicyclic) bond motifs is 4. The van der Waals surface area contributed by atoms with Crippen LogP contribution < -0.4 is 0 Å². The number of likely N-dealkylation sites (N-methyl/N-ethyl adjacent to an activating group) is 1. The van der Waals surface area contributed by atoms with E-state index in [1.807, 2.05) is 0 Å². The van der Waals surface area contributed by atoms with Crippen LogP contribution in [-0.4, -0.2) is 24.5 Å². The van der Waals surface area contributed by atoms with Crippen molar-refractivity contribution in [2.24, 2.45) is 5.92 Å². The molecule has 1 aromatic carbocycles. The molecular formula is C15H21N. The van der Waals surface area contributed by atoms with Gasteiger partial charge in [0.25, 0.3) is 0 Å². The van der Waals surface area contributed by atoms with Crippen LogP contribution in [0.2, 0.25) is 0 Å². The minimum atomic E-state index is 0.409. The van der Waals surface area contributed by atoms with E-state index in [4.69, 9.17) is 0 Å². The lowest BCUT2D eigenvalue weighted by Crippen LogP contribution is -2.56. The third-order valence-corrected chi connectivity index (χ3v) is 5.19. The third kappa shape index (κ3) is 1.21. The Hall–Kier alpha value is -0.820. The van der Waals surface area contributed by atoms with Crippen molar-refractivity contribution in [3.8, 4) is 0 Å². The first kappa shape index (κ1) is 10.3. The average Bonchev–Trinajstić information content (AvgIpc) is 2.29. The number of benzene rings is 1. The molecule has 0 aromatic heterocycles. The molecule has 2 bridgehead atoms. The molecule has 1 aliphatic heterocycles. The number of piperidine rings is 1. The summed E-state index contributed by atoms with van der Waals surface area (Å²) in [4.78, 5) is 2.56. The van der Waals surface area contributed by atoms with Gasteiger partial charge in [0.05, 0.1) is 0 Å². The Labute approximate surface area is 98.5 Å². The van der Waals surface area contributed by atoms with Crippen molar-refractivity contribution in [3.05, 3.63) is 35.4 Å². The summed E-state index contributed by atoms with van der Waals surface area (Å²) in [7, 11) is 2.29. The molecule has 1 fully saturated rings. The van der Waals surface area contributed by atoms with Crippen LogP contribution in [0.5, 0.6) is 0 Å². The van der Waals surface area contributed by atoms with Crippen LogP contribution in [0.1, 0.15) is 31.4 Å². The summed E-state index contributed by atoms with van der Waals surface area (Å²) in [6.07, 6.45) is 2.54. The Balaban J connectivity index is 2.15. The molecular weight excluding hydrogens is 194 g/mol. The quantitative estimate of drug-likeness (QED) is 0.643. The van der Waals surface area contributed by atoms with Gasteiger partial charge in [-0.2, -0.15) is 0 Å². The van der Waals surface area contributed by atoms with E-state index in [0.717, 1.165) is 12.0 Å². The molecule has 3 rings (SSSR count). The van der Waals surface area contributed by atoms with E-state index in [1.165, 1.54) is 19.4 Å². The van der Waals surface area contributed by atoms with Crippen LogP contribution in [-0.2, 0) is 11.8 Å². The van der Waals surface area contributed by atoms with E-state index in [2.05, 4.69) is 50.1 Å².